The quantitative estimate of drug-likeness (QED) is 0.115. The maximum absolute atomic E-state index is 2.55. The van der Waals surface area contributed by atoms with E-state index >= 15 is 0 Å². The molecule has 0 fully saturated rings. The van der Waals surface area contributed by atoms with Gasteiger partial charge in [0.25, 0.3) is 0 Å². The summed E-state index contributed by atoms with van der Waals surface area (Å²) >= 11 is 3.90. The molecule has 69 heavy (non-hydrogen) atoms. The van der Waals surface area contributed by atoms with Crippen molar-refractivity contribution in [2.24, 2.45) is 0 Å². The minimum atomic E-state index is -0.162. The normalized spacial score (nSPS) is 13.1. The van der Waals surface area contributed by atoms with Gasteiger partial charge in [0, 0.05) is 30.4 Å². The molecule has 0 nitrogen and oxygen atoms in total. The van der Waals surface area contributed by atoms with Crippen molar-refractivity contribution in [3.8, 4) is 33.4 Å². The van der Waals surface area contributed by atoms with Gasteiger partial charge in [-0.3, -0.25) is 0 Å². The summed E-state index contributed by atoms with van der Waals surface area (Å²) in [6.07, 6.45) is 0. The molecule has 0 radical (unpaired) electrons. The Morgan fingerprint density at radius 2 is 0.739 bits per heavy atom. The summed E-state index contributed by atoms with van der Waals surface area (Å²) in [5.74, 6) is 0. The van der Waals surface area contributed by atoms with Crippen molar-refractivity contribution in [1.29, 1.82) is 0 Å². The molecule has 11 aromatic carbocycles. The molecule has 0 saturated carbocycles. The van der Waals surface area contributed by atoms with E-state index in [1.54, 1.807) is 0 Å². The van der Waals surface area contributed by atoms with Gasteiger partial charge in [0.15, 0.2) is 0 Å². The topological polar surface area (TPSA) is 0 Å². The minimum Gasteiger partial charge on any atom is -0.0911 e. The Kier molecular flexibility index (Phi) is 9.95. The van der Waals surface area contributed by atoms with E-state index < -0.39 is 0 Å². The van der Waals surface area contributed by atoms with Crippen LogP contribution in [0, 0.1) is 0 Å². The molecule has 0 atom stereocenters. The van der Waals surface area contributed by atoms with Gasteiger partial charge in [-0.2, -0.15) is 0 Å². The standard InChI is InChI=1S/C66H49BS2/c1-65(2,46-20-7-5-8-21-46)48-34-36-58-56(40-48)67-57-41-49(66(3,4)47-22-9-6-10-23-47)35-37-59(57)69-61-39-45(38-60(68-58)64(61)67)63-54-27-15-13-25-52(54)62(53-26-14-16-28-55(53)63)44-32-30-43(31-33-44)51-29-17-19-42-18-11-12-24-50(42)51/h5-41H,1-4H3. The monoisotopic (exact) mass is 916 g/mol. The molecule has 2 aliphatic rings. The van der Waals surface area contributed by atoms with Crippen molar-refractivity contribution >= 4 is 78.9 Å². The molecule has 3 heteroatoms. The Morgan fingerprint density at radius 3 is 1.25 bits per heavy atom. The summed E-state index contributed by atoms with van der Waals surface area (Å²) < 4.78 is 0. The van der Waals surface area contributed by atoms with Crippen LogP contribution in [0.5, 0.6) is 0 Å². The summed E-state index contributed by atoms with van der Waals surface area (Å²) in [6.45, 7) is 9.59. The Balaban J connectivity index is 0.986. The van der Waals surface area contributed by atoms with Crippen molar-refractivity contribution < 1.29 is 0 Å². The predicted octanol–water partition coefficient (Wildman–Crippen LogP) is 16.2. The van der Waals surface area contributed by atoms with Crippen LogP contribution in [-0.2, 0) is 10.8 Å². The molecular weight excluding hydrogens is 868 g/mol. The number of rotatable bonds is 7. The lowest BCUT2D eigenvalue weighted by Gasteiger charge is -2.36. The van der Waals surface area contributed by atoms with Crippen molar-refractivity contribution in [3.63, 3.8) is 0 Å². The highest BCUT2D eigenvalue weighted by Crippen LogP contribution is 2.48. The molecule has 11 aromatic rings. The molecule has 0 aromatic heterocycles. The van der Waals surface area contributed by atoms with Gasteiger partial charge >= 0.3 is 0 Å². The van der Waals surface area contributed by atoms with Crippen molar-refractivity contribution in [3.05, 3.63) is 247 Å². The molecular formula is C66H49BS2. The van der Waals surface area contributed by atoms with Crippen LogP contribution < -0.4 is 16.4 Å². The van der Waals surface area contributed by atoms with Crippen LogP contribution in [0.2, 0.25) is 0 Å². The summed E-state index contributed by atoms with van der Waals surface area (Å²) in [7, 11) is 0. The third kappa shape index (κ3) is 6.85. The van der Waals surface area contributed by atoms with Crippen LogP contribution in [0.3, 0.4) is 0 Å². The molecule has 0 aliphatic carbocycles. The van der Waals surface area contributed by atoms with Gasteiger partial charge in [0.05, 0.1) is 0 Å². The zero-order valence-corrected chi connectivity index (χ0v) is 40.9. The molecule has 328 valence electrons. The van der Waals surface area contributed by atoms with E-state index in [2.05, 4.69) is 252 Å². The fourth-order valence-electron chi connectivity index (χ4n) is 11.5. The third-order valence-electron chi connectivity index (χ3n) is 15.4. The van der Waals surface area contributed by atoms with E-state index in [0.29, 0.717) is 0 Å². The third-order valence-corrected chi connectivity index (χ3v) is 17.7. The minimum absolute atomic E-state index is 0.0994. The summed E-state index contributed by atoms with van der Waals surface area (Å²) in [6, 6.07) is 84.5. The summed E-state index contributed by atoms with van der Waals surface area (Å²) in [4.78, 5) is 5.38. The van der Waals surface area contributed by atoms with Gasteiger partial charge in [0.1, 0.15) is 0 Å². The molecule has 13 rings (SSSR count). The first-order valence-electron chi connectivity index (χ1n) is 24.2. The fraction of sp³-hybridized carbons (Fsp3) is 0.0909. The highest BCUT2D eigenvalue weighted by molar-refractivity contribution is 8.01. The van der Waals surface area contributed by atoms with E-state index in [4.69, 9.17) is 0 Å². The Morgan fingerprint density at radius 1 is 0.319 bits per heavy atom. The first kappa shape index (κ1) is 42.1. The van der Waals surface area contributed by atoms with Crippen LogP contribution in [0.15, 0.2) is 244 Å². The second-order valence-corrected chi connectivity index (χ2v) is 22.1. The van der Waals surface area contributed by atoms with Gasteiger partial charge in [-0.05, 0) is 118 Å². The highest BCUT2D eigenvalue weighted by atomic mass is 32.2. The summed E-state index contributed by atoms with van der Waals surface area (Å²) in [5.41, 5.74) is 16.8. The molecule has 2 heterocycles. The Bertz CT molecular complexity index is 3640. The van der Waals surface area contributed by atoms with Gasteiger partial charge in [-0.25, -0.2) is 0 Å². The maximum atomic E-state index is 2.55. The summed E-state index contributed by atoms with van der Waals surface area (Å²) in [5, 5.41) is 7.63. The number of hydrogen-bond acceptors (Lipinski definition) is 2. The van der Waals surface area contributed by atoms with Crippen LogP contribution in [0.25, 0.3) is 65.7 Å². The lowest BCUT2D eigenvalue weighted by molar-refractivity contribution is 0.640. The zero-order chi connectivity index (χ0) is 46.4. The SMILES string of the molecule is CC(C)(c1ccccc1)c1ccc2c(c1)B1c3cc(C(C)(C)c4ccccc4)ccc3Sc3cc(-c4c5ccccc5c(-c5ccc(-c6cccc7ccccc67)cc5)c5ccccc45)cc(c31)S2. The highest BCUT2D eigenvalue weighted by Gasteiger charge is 2.40. The lowest BCUT2D eigenvalue weighted by Crippen LogP contribution is -2.58. The molecule has 2 aliphatic heterocycles. The second kappa shape index (κ2) is 16.3. The fourth-order valence-corrected chi connectivity index (χ4v) is 14.0. The molecule has 0 amide bonds. The van der Waals surface area contributed by atoms with E-state index in [1.165, 1.54) is 124 Å². The Labute approximate surface area is 414 Å². The van der Waals surface area contributed by atoms with Crippen molar-refractivity contribution in [2.45, 2.75) is 58.1 Å². The van der Waals surface area contributed by atoms with Gasteiger partial charge in [-0.1, -0.05) is 262 Å². The van der Waals surface area contributed by atoms with Crippen LogP contribution in [0.1, 0.15) is 49.9 Å². The van der Waals surface area contributed by atoms with E-state index in [-0.39, 0.29) is 17.5 Å². The smallest absolute Gasteiger partial charge is 0.0911 e. The van der Waals surface area contributed by atoms with Crippen LogP contribution >= 0.6 is 23.5 Å². The van der Waals surface area contributed by atoms with Crippen LogP contribution in [0.4, 0.5) is 0 Å². The number of benzene rings is 11. The van der Waals surface area contributed by atoms with Crippen molar-refractivity contribution in [2.75, 3.05) is 0 Å². The van der Waals surface area contributed by atoms with Gasteiger partial charge < -0.3 is 0 Å². The first-order chi connectivity index (χ1) is 33.7. The number of fused-ring (bicyclic) bond motifs is 7. The number of hydrogen-bond donors (Lipinski definition) is 0. The average Bonchev–Trinajstić information content (AvgIpc) is 3.40. The van der Waals surface area contributed by atoms with Gasteiger partial charge in [0.2, 0.25) is 6.71 Å². The van der Waals surface area contributed by atoms with Gasteiger partial charge in [-0.15, -0.1) is 0 Å². The van der Waals surface area contributed by atoms with E-state index in [9.17, 15) is 0 Å². The second-order valence-electron chi connectivity index (χ2n) is 20.0. The molecule has 0 spiro atoms. The largest absolute Gasteiger partial charge is 0.247 e. The van der Waals surface area contributed by atoms with Crippen molar-refractivity contribution in [1.82, 2.24) is 0 Å². The lowest BCUT2D eigenvalue weighted by atomic mass is 9.36. The molecule has 0 bridgehead atoms. The zero-order valence-electron chi connectivity index (χ0n) is 39.3. The first-order valence-corrected chi connectivity index (χ1v) is 25.8. The van der Waals surface area contributed by atoms with Crippen LogP contribution in [-0.4, -0.2) is 6.71 Å². The molecule has 0 saturated heterocycles. The van der Waals surface area contributed by atoms with E-state index in [0.717, 1.165) is 0 Å². The maximum Gasteiger partial charge on any atom is 0.247 e. The predicted molar refractivity (Wildman–Crippen MR) is 298 cm³/mol. The molecule has 0 unspecified atom stereocenters. The molecule has 0 N–H and O–H groups in total. The van der Waals surface area contributed by atoms with E-state index in [1.807, 2.05) is 23.5 Å². The average molecular weight is 917 g/mol. The Hall–Kier alpha value is -7.04.